The first-order chi connectivity index (χ1) is 12.5. The summed E-state index contributed by atoms with van der Waals surface area (Å²) >= 11 is 0. The zero-order chi connectivity index (χ0) is 19.4. The van der Waals surface area contributed by atoms with E-state index in [1.165, 1.54) is 0 Å². The van der Waals surface area contributed by atoms with E-state index in [1.54, 1.807) is 0 Å². The first kappa shape index (κ1) is 22.9. The molecule has 6 heteroatoms. The Morgan fingerprint density at radius 3 is 1.23 bits per heavy atom. The highest BCUT2D eigenvalue weighted by Crippen LogP contribution is 2.25. The fourth-order valence-electron chi connectivity index (χ4n) is 3.76. The summed E-state index contributed by atoms with van der Waals surface area (Å²) in [6.07, 6.45) is 8.29. The molecule has 2 N–H and O–H groups in total. The van der Waals surface area contributed by atoms with Crippen molar-refractivity contribution in [2.45, 2.75) is 77.3 Å². The van der Waals surface area contributed by atoms with Crippen LogP contribution in [0.3, 0.4) is 0 Å². The van der Waals surface area contributed by atoms with E-state index in [2.05, 4.69) is 10.6 Å². The molecule has 0 amide bonds. The lowest BCUT2D eigenvalue weighted by Crippen LogP contribution is -2.33. The van der Waals surface area contributed by atoms with E-state index in [0.717, 1.165) is 51.4 Å². The molecule has 26 heavy (non-hydrogen) atoms. The van der Waals surface area contributed by atoms with Gasteiger partial charge in [-0.25, -0.2) is 0 Å². The Hall–Kier alpha value is -1.14. The Kier molecular flexibility index (Phi) is 11.5. The second-order valence-electron chi connectivity index (χ2n) is 7.18. The van der Waals surface area contributed by atoms with Crippen LogP contribution in [0.15, 0.2) is 0 Å². The van der Waals surface area contributed by atoms with Crippen molar-refractivity contribution >= 4 is 11.9 Å². The largest absolute Gasteiger partial charge is 0.466 e. The second kappa shape index (κ2) is 13.1. The Labute approximate surface area is 158 Å². The number of nitrogens with one attached hydrogen (secondary N) is 2. The van der Waals surface area contributed by atoms with Crippen LogP contribution < -0.4 is 10.6 Å². The molecule has 0 heterocycles. The average Bonchev–Trinajstić information content (AvgIpc) is 2.69. The van der Waals surface area contributed by atoms with Crippen LogP contribution >= 0.6 is 0 Å². The lowest BCUT2D eigenvalue weighted by Gasteiger charge is -2.26. The third-order valence-electron chi connectivity index (χ3n) is 5.51. The molecule has 0 bridgehead atoms. The molecule has 2 fully saturated rings. The van der Waals surface area contributed by atoms with Crippen LogP contribution in [0.5, 0.6) is 0 Å². The molecule has 0 spiro atoms. The fraction of sp³-hybridized carbons (Fsp3) is 0.900. The van der Waals surface area contributed by atoms with E-state index in [-0.39, 0.29) is 23.8 Å². The third-order valence-corrected chi connectivity index (χ3v) is 5.51. The van der Waals surface area contributed by atoms with E-state index in [1.807, 2.05) is 27.9 Å². The van der Waals surface area contributed by atoms with Crippen LogP contribution in [0.1, 0.15) is 65.2 Å². The number of carbonyl (C=O) groups excluding carboxylic acids is 2. The average molecular weight is 371 g/mol. The van der Waals surface area contributed by atoms with Gasteiger partial charge in [0.2, 0.25) is 0 Å². The summed E-state index contributed by atoms with van der Waals surface area (Å²) in [5.74, 6) is 0.309. The van der Waals surface area contributed by atoms with Crippen molar-refractivity contribution in [2.75, 3.05) is 27.3 Å². The quantitative estimate of drug-likeness (QED) is 0.700. The molecule has 2 aliphatic carbocycles. The Morgan fingerprint density at radius 1 is 0.692 bits per heavy atom. The molecule has 6 nitrogen and oxygen atoms in total. The molecule has 0 aliphatic heterocycles. The first-order valence-corrected chi connectivity index (χ1v) is 10.2. The predicted molar refractivity (Wildman–Crippen MR) is 103 cm³/mol. The zero-order valence-corrected chi connectivity index (χ0v) is 17.0. The monoisotopic (exact) mass is 370 g/mol. The van der Waals surface area contributed by atoms with Crippen LogP contribution in [0, 0.1) is 11.8 Å². The van der Waals surface area contributed by atoms with Crippen molar-refractivity contribution in [3.63, 3.8) is 0 Å². The summed E-state index contributed by atoms with van der Waals surface area (Å²) in [5, 5.41) is 6.49. The number of rotatable bonds is 6. The minimum Gasteiger partial charge on any atom is -0.466 e. The number of esters is 2. The highest BCUT2D eigenvalue weighted by atomic mass is 16.5. The third kappa shape index (κ3) is 8.04. The predicted octanol–water partition coefficient (Wildman–Crippen LogP) is 2.66. The van der Waals surface area contributed by atoms with Crippen molar-refractivity contribution < 1.29 is 19.1 Å². The molecule has 0 unspecified atom stereocenters. The van der Waals surface area contributed by atoms with Gasteiger partial charge in [0.15, 0.2) is 0 Å². The number of hydrogen-bond donors (Lipinski definition) is 2. The van der Waals surface area contributed by atoms with Gasteiger partial charge in [-0.2, -0.15) is 0 Å². The van der Waals surface area contributed by atoms with Gasteiger partial charge in [0.1, 0.15) is 0 Å². The van der Waals surface area contributed by atoms with Crippen molar-refractivity contribution in [3.05, 3.63) is 0 Å². The van der Waals surface area contributed by atoms with Gasteiger partial charge in [-0.05, 0) is 79.3 Å². The molecule has 2 aliphatic rings. The lowest BCUT2D eigenvalue weighted by atomic mass is 9.86. The second-order valence-corrected chi connectivity index (χ2v) is 7.18. The molecule has 0 aromatic carbocycles. The Bertz CT molecular complexity index is 363. The SMILES string of the molecule is CCOC(=O)C1CCC(NC)CC1.CCOC(=O)C1CCC(NC)CC1. The van der Waals surface area contributed by atoms with E-state index in [9.17, 15) is 9.59 Å². The van der Waals surface area contributed by atoms with Gasteiger partial charge >= 0.3 is 11.9 Å². The van der Waals surface area contributed by atoms with Gasteiger partial charge in [0.25, 0.3) is 0 Å². The van der Waals surface area contributed by atoms with Crippen LogP contribution in [0.4, 0.5) is 0 Å². The minimum absolute atomic E-state index is 0.00273. The van der Waals surface area contributed by atoms with E-state index >= 15 is 0 Å². The minimum atomic E-state index is -0.00273. The lowest BCUT2D eigenvalue weighted by molar-refractivity contribution is -0.150. The maximum atomic E-state index is 11.4. The molecule has 152 valence electrons. The van der Waals surface area contributed by atoms with Crippen molar-refractivity contribution in [2.24, 2.45) is 11.8 Å². The standard InChI is InChI=1S/2C10H19NO2/c2*1-3-13-10(12)8-4-6-9(11-2)7-5-8/h2*8-9,11H,3-7H2,1-2H3. The molecule has 2 rings (SSSR count). The molecule has 2 saturated carbocycles. The highest BCUT2D eigenvalue weighted by molar-refractivity contribution is 5.72. The molecule has 0 saturated heterocycles. The summed E-state index contributed by atoms with van der Waals surface area (Å²) in [6, 6.07) is 1.20. The van der Waals surface area contributed by atoms with Crippen LogP contribution in [0.2, 0.25) is 0 Å². The maximum Gasteiger partial charge on any atom is 0.308 e. The summed E-state index contributed by atoms with van der Waals surface area (Å²) in [6.45, 7) is 4.73. The summed E-state index contributed by atoms with van der Waals surface area (Å²) in [4.78, 5) is 22.7. The summed E-state index contributed by atoms with van der Waals surface area (Å²) in [7, 11) is 3.96. The molecule has 0 atom stereocenters. The first-order valence-electron chi connectivity index (χ1n) is 10.2. The van der Waals surface area contributed by atoms with Crippen LogP contribution in [0.25, 0.3) is 0 Å². The zero-order valence-electron chi connectivity index (χ0n) is 17.0. The Morgan fingerprint density at radius 2 is 1.00 bits per heavy atom. The number of carbonyl (C=O) groups is 2. The summed E-state index contributed by atoms with van der Waals surface area (Å²) in [5.41, 5.74) is 0. The number of hydrogen-bond acceptors (Lipinski definition) is 6. The molecule has 0 aromatic rings. The fourth-order valence-corrected chi connectivity index (χ4v) is 3.76. The van der Waals surface area contributed by atoms with E-state index in [0.29, 0.717) is 25.3 Å². The van der Waals surface area contributed by atoms with E-state index < -0.39 is 0 Å². The van der Waals surface area contributed by atoms with Gasteiger partial charge in [-0.15, -0.1) is 0 Å². The molecule has 0 radical (unpaired) electrons. The normalized spacial score (nSPS) is 28.5. The number of ether oxygens (including phenoxy) is 2. The molecule has 0 aromatic heterocycles. The van der Waals surface area contributed by atoms with Gasteiger partial charge in [0, 0.05) is 12.1 Å². The smallest absolute Gasteiger partial charge is 0.308 e. The van der Waals surface area contributed by atoms with Crippen LogP contribution in [-0.4, -0.2) is 51.3 Å². The topological polar surface area (TPSA) is 76.7 Å². The van der Waals surface area contributed by atoms with Crippen molar-refractivity contribution in [1.29, 1.82) is 0 Å². The van der Waals surface area contributed by atoms with Crippen molar-refractivity contribution in [3.8, 4) is 0 Å². The summed E-state index contributed by atoms with van der Waals surface area (Å²) < 4.78 is 9.98. The highest BCUT2D eigenvalue weighted by Gasteiger charge is 2.27. The molecular formula is C20H38N2O4. The van der Waals surface area contributed by atoms with Crippen LogP contribution in [-0.2, 0) is 19.1 Å². The van der Waals surface area contributed by atoms with Crippen molar-refractivity contribution in [1.82, 2.24) is 10.6 Å². The van der Waals surface area contributed by atoms with Gasteiger partial charge in [-0.1, -0.05) is 0 Å². The molecular weight excluding hydrogens is 332 g/mol. The van der Waals surface area contributed by atoms with E-state index in [4.69, 9.17) is 9.47 Å². The Balaban J connectivity index is 0.000000260. The van der Waals surface area contributed by atoms with Gasteiger partial charge < -0.3 is 20.1 Å². The van der Waals surface area contributed by atoms with Gasteiger partial charge in [0.05, 0.1) is 25.0 Å². The maximum absolute atomic E-state index is 11.4. The van der Waals surface area contributed by atoms with Gasteiger partial charge in [-0.3, -0.25) is 9.59 Å².